The minimum atomic E-state index is -1.72. The fourth-order valence-electron chi connectivity index (χ4n) is 2.25. The van der Waals surface area contributed by atoms with E-state index in [0.29, 0.717) is 0 Å². The van der Waals surface area contributed by atoms with Gasteiger partial charge in [-0.05, 0) is 12.8 Å². The molecule has 0 aliphatic rings. The molecule has 0 aromatic heterocycles. The SMILES string of the molecule is NC(N)=NCCCC(NC(=O)C(CC(=O)O)NC(=O)C(CO)NC(=O)C(N)CO)C(=O)O. The van der Waals surface area contributed by atoms with Crippen LogP contribution in [0.2, 0.25) is 0 Å². The highest BCUT2D eigenvalue weighted by Crippen LogP contribution is 2.02. The lowest BCUT2D eigenvalue weighted by Crippen LogP contribution is -2.58. The maximum Gasteiger partial charge on any atom is 0.326 e. The molecular weight excluding hydrogens is 434 g/mol. The van der Waals surface area contributed by atoms with Crippen molar-refractivity contribution in [3.63, 3.8) is 0 Å². The highest BCUT2D eigenvalue weighted by molar-refractivity contribution is 5.95. The Morgan fingerprint density at radius 3 is 1.81 bits per heavy atom. The molecule has 182 valence electrons. The summed E-state index contributed by atoms with van der Waals surface area (Å²) in [6.07, 6.45) is -0.838. The van der Waals surface area contributed by atoms with E-state index < -0.39 is 73.5 Å². The van der Waals surface area contributed by atoms with Crippen LogP contribution in [0.25, 0.3) is 0 Å². The fourth-order valence-corrected chi connectivity index (χ4v) is 2.25. The van der Waals surface area contributed by atoms with Crippen LogP contribution >= 0.6 is 0 Å². The second-order valence-electron chi connectivity index (χ2n) is 6.54. The smallest absolute Gasteiger partial charge is 0.326 e. The predicted octanol–water partition coefficient (Wildman–Crippen LogP) is -5.63. The molecule has 0 heterocycles. The molecule has 0 radical (unpaired) electrons. The Hall–Kier alpha value is -3.50. The topological polar surface area (TPSA) is 293 Å². The number of aliphatic imine (C=N–C) groups is 1. The van der Waals surface area contributed by atoms with Crippen molar-refractivity contribution in [1.29, 1.82) is 0 Å². The first-order valence-corrected chi connectivity index (χ1v) is 9.31. The molecule has 0 aliphatic heterocycles. The van der Waals surface area contributed by atoms with Crippen molar-refractivity contribution in [2.24, 2.45) is 22.2 Å². The quantitative estimate of drug-likeness (QED) is 0.0617. The average molecular weight is 463 g/mol. The normalized spacial score (nSPS) is 14.2. The molecule has 0 bridgehead atoms. The minimum Gasteiger partial charge on any atom is -0.481 e. The second-order valence-corrected chi connectivity index (χ2v) is 6.54. The summed E-state index contributed by atoms with van der Waals surface area (Å²) in [4.78, 5) is 62.5. The van der Waals surface area contributed by atoms with Crippen LogP contribution in [0.3, 0.4) is 0 Å². The van der Waals surface area contributed by atoms with E-state index in [-0.39, 0.29) is 25.3 Å². The van der Waals surface area contributed by atoms with Crippen LogP contribution < -0.4 is 33.2 Å². The van der Waals surface area contributed by atoms with Gasteiger partial charge in [-0.1, -0.05) is 0 Å². The Morgan fingerprint density at radius 2 is 1.34 bits per heavy atom. The van der Waals surface area contributed by atoms with Gasteiger partial charge in [0.25, 0.3) is 0 Å². The summed E-state index contributed by atoms with van der Waals surface area (Å²) < 4.78 is 0. The van der Waals surface area contributed by atoms with Crippen molar-refractivity contribution < 1.29 is 44.4 Å². The third-order valence-electron chi connectivity index (χ3n) is 3.92. The number of carboxylic acids is 2. The summed E-state index contributed by atoms with van der Waals surface area (Å²) in [5.41, 5.74) is 15.6. The molecular formula is C16H29N7O9. The zero-order chi connectivity index (χ0) is 24.8. The molecule has 0 aliphatic carbocycles. The molecule has 4 unspecified atom stereocenters. The molecule has 32 heavy (non-hydrogen) atoms. The molecule has 0 aromatic rings. The van der Waals surface area contributed by atoms with Gasteiger partial charge in [-0.3, -0.25) is 24.2 Å². The Labute approximate surface area is 182 Å². The van der Waals surface area contributed by atoms with Gasteiger partial charge in [0.05, 0.1) is 19.6 Å². The lowest BCUT2D eigenvalue weighted by molar-refractivity contribution is -0.144. The fraction of sp³-hybridized carbons (Fsp3) is 0.625. The number of carboxylic acid groups (broad SMARTS) is 2. The van der Waals surface area contributed by atoms with Crippen molar-refractivity contribution in [3.05, 3.63) is 0 Å². The van der Waals surface area contributed by atoms with Gasteiger partial charge in [-0.25, -0.2) is 4.79 Å². The highest BCUT2D eigenvalue weighted by atomic mass is 16.4. The Bertz CT molecular complexity index is 712. The van der Waals surface area contributed by atoms with E-state index in [0.717, 1.165) is 0 Å². The molecule has 16 heteroatoms. The van der Waals surface area contributed by atoms with Crippen LogP contribution in [0.1, 0.15) is 19.3 Å². The van der Waals surface area contributed by atoms with Crippen molar-refractivity contribution in [2.75, 3.05) is 19.8 Å². The maximum atomic E-state index is 12.4. The van der Waals surface area contributed by atoms with Crippen LogP contribution in [0.4, 0.5) is 0 Å². The standard InChI is InChI=1S/C16H29N7O9/c17-7(5-24)12(28)23-10(6-25)14(30)22-9(4-11(26)27)13(29)21-8(15(31)32)2-1-3-20-16(18)19/h7-10,24-25H,1-6,17H2,(H,21,29)(H,22,30)(H,23,28)(H,26,27)(H,31,32)(H4,18,19,20). The van der Waals surface area contributed by atoms with Crippen molar-refractivity contribution >= 4 is 35.6 Å². The number of aliphatic hydroxyl groups is 2. The minimum absolute atomic E-state index is 0.0884. The summed E-state index contributed by atoms with van der Waals surface area (Å²) in [6, 6.07) is -6.15. The van der Waals surface area contributed by atoms with Gasteiger partial charge in [-0.15, -0.1) is 0 Å². The molecule has 3 amide bonds. The van der Waals surface area contributed by atoms with E-state index in [1.165, 1.54) is 0 Å². The van der Waals surface area contributed by atoms with E-state index in [2.05, 4.69) is 10.3 Å². The number of amides is 3. The van der Waals surface area contributed by atoms with E-state index in [1.807, 2.05) is 10.6 Å². The van der Waals surface area contributed by atoms with Gasteiger partial charge < -0.3 is 53.6 Å². The van der Waals surface area contributed by atoms with E-state index in [4.69, 9.17) is 27.4 Å². The first kappa shape index (κ1) is 28.5. The number of carbonyl (C=O) groups is 5. The molecule has 16 nitrogen and oxygen atoms in total. The Balaban J connectivity index is 5.23. The maximum absolute atomic E-state index is 12.4. The number of guanidine groups is 1. The Morgan fingerprint density at radius 1 is 0.812 bits per heavy atom. The molecule has 13 N–H and O–H groups in total. The van der Waals surface area contributed by atoms with Crippen LogP contribution in [-0.2, 0) is 24.0 Å². The summed E-state index contributed by atoms with van der Waals surface area (Å²) >= 11 is 0. The molecule has 4 atom stereocenters. The van der Waals surface area contributed by atoms with Gasteiger partial charge in [-0.2, -0.15) is 0 Å². The molecule has 0 saturated heterocycles. The summed E-state index contributed by atoms with van der Waals surface area (Å²) in [5, 5.41) is 42.6. The number of hydrogen-bond donors (Lipinski definition) is 10. The van der Waals surface area contributed by atoms with Crippen LogP contribution in [0, 0.1) is 0 Å². The summed E-state index contributed by atoms with van der Waals surface area (Å²) in [5.74, 6) is -6.33. The number of aliphatic carboxylic acids is 2. The highest BCUT2D eigenvalue weighted by Gasteiger charge is 2.31. The lowest BCUT2D eigenvalue weighted by atomic mass is 10.1. The number of hydrogen-bond acceptors (Lipinski definition) is 9. The predicted molar refractivity (Wildman–Crippen MR) is 108 cm³/mol. The molecule has 0 rings (SSSR count). The largest absolute Gasteiger partial charge is 0.481 e. The zero-order valence-corrected chi connectivity index (χ0v) is 17.1. The zero-order valence-electron chi connectivity index (χ0n) is 17.1. The summed E-state index contributed by atoms with van der Waals surface area (Å²) in [7, 11) is 0. The third kappa shape index (κ3) is 11.0. The number of nitrogens with zero attached hydrogens (tertiary/aromatic N) is 1. The van der Waals surface area contributed by atoms with Gasteiger partial charge in [0.1, 0.15) is 24.2 Å². The average Bonchev–Trinajstić information content (AvgIpc) is 2.71. The molecule has 0 saturated carbocycles. The monoisotopic (exact) mass is 463 g/mol. The number of nitrogens with two attached hydrogens (primary N) is 3. The van der Waals surface area contributed by atoms with E-state index >= 15 is 0 Å². The van der Waals surface area contributed by atoms with Crippen LogP contribution in [0.15, 0.2) is 4.99 Å². The first-order valence-electron chi connectivity index (χ1n) is 9.31. The van der Waals surface area contributed by atoms with Crippen LogP contribution in [-0.4, -0.2) is 100.0 Å². The third-order valence-corrected chi connectivity index (χ3v) is 3.92. The van der Waals surface area contributed by atoms with Gasteiger partial charge in [0.15, 0.2) is 5.96 Å². The van der Waals surface area contributed by atoms with Gasteiger partial charge in [0, 0.05) is 6.54 Å². The van der Waals surface area contributed by atoms with Crippen molar-refractivity contribution in [3.8, 4) is 0 Å². The van der Waals surface area contributed by atoms with Crippen molar-refractivity contribution in [1.82, 2.24) is 16.0 Å². The second kappa shape index (κ2) is 14.5. The first-order chi connectivity index (χ1) is 14.9. The van der Waals surface area contributed by atoms with Gasteiger partial charge >= 0.3 is 11.9 Å². The van der Waals surface area contributed by atoms with E-state index in [1.54, 1.807) is 0 Å². The van der Waals surface area contributed by atoms with E-state index in [9.17, 15) is 34.2 Å². The lowest BCUT2D eigenvalue weighted by Gasteiger charge is -2.23. The molecule has 0 aromatic carbocycles. The number of nitrogens with one attached hydrogen (secondary N) is 3. The Kier molecular flexibility index (Phi) is 12.9. The molecule has 0 fully saturated rings. The van der Waals surface area contributed by atoms with Crippen molar-refractivity contribution in [2.45, 2.75) is 43.4 Å². The number of aliphatic hydroxyl groups excluding tert-OH is 2. The van der Waals surface area contributed by atoms with Crippen LogP contribution in [0.5, 0.6) is 0 Å². The summed E-state index contributed by atoms with van der Waals surface area (Å²) in [6.45, 7) is -1.58. The molecule has 0 spiro atoms. The number of carbonyl (C=O) groups excluding carboxylic acids is 3. The number of rotatable bonds is 15. The van der Waals surface area contributed by atoms with Gasteiger partial charge in [0.2, 0.25) is 17.7 Å².